The Labute approximate surface area is 110 Å². The van der Waals surface area contributed by atoms with Crippen molar-refractivity contribution in [1.29, 1.82) is 0 Å². The standard InChI is InChI=1S/C14H27N3O/c1-10-3-4-11(8-15)12(7-10)17-6-5-14(2,9-17)13(16)18/h10-12H,3-9,15H2,1-2H3,(H2,16,18). The fourth-order valence-electron chi connectivity index (χ4n) is 3.62. The van der Waals surface area contributed by atoms with Gasteiger partial charge in [-0.1, -0.05) is 13.3 Å². The van der Waals surface area contributed by atoms with Crippen LogP contribution in [0.3, 0.4) is 0 Å². The summed E-state index contributed by atoms with van der Waals surface area (Å²) in [7, 11) is 0. The molecule has 4 unspecified atom stereocenters. The Morgan fingerprint density at radius 1 is 1.44 bits per heavy atom. The molecule has 4 heteroatoms. The molecule has 4 N–H and O–H groups in total. The lowest BCUT2D eigenvalue weighted by molar-refractivity contribution is -0.126. The second kappa shape index (κ2) is 5.17. The van der Waals surface area contributed by atoms with Gasteiger partial charge >= 0.3 is 0 Å². The average Bonchev–Trinajstić information content (AvgIpc) is 2.73. The zero-order valence-electron chi connectivity index (χ0n) is 11.7. The van der Waals surface area contributed by atoms with E-state index < -0.39 is 0 Å². The lowest BCUT2D eigenvalue weighted by Gasteiger charge is -2.40. The molecule has 1 aliphatic heterocycles. The van der Waals surface area contributed by atoms with Crippen molar-refractivity contribution in [3.63, 3.8) is 0 Å². The maximum absolute atomic E-state index is 11.5. The molecule has 1 saturated heterocycles. The Balaban J connectivity index is 2.05. The molecule has 18 heavy (non-hydrogen) atoms. The summed E-state index contributed by atoms with van der Waals surface area (Å²) in [6.07, 6.45) is 4.63. The molecule has 0 spiro atoms. The largest absolute Gasteiger partial charge is 0.369 e. The minimum absolute atomic E-state index is 0.154. The summed E-state index contributed by atoms with van der Waals surface area (Å²) < 4.78 is 0. The van der Waals surface area contributed by atoms with Crippen molar-refractivity contribution in [2.45, 2.75) is 45.6 Å². The summed E-state index contributed by atoms with van der Waals surface area (Å²) in [6, 6.07) is 0.555. The number of amides is 1. The maximum atomic E-state index is 11.5. The maximum Gasteiger partial charge on any atom is 0.224 e. The van der Waals surface area contributed by atoms with Crippen molar-refractivity contribution in [2.75, 3.05) is 19.6 Å². The normalized spacial score (nSPS) is 42.1. The molecule has 2 rings (SSSR count). The van der Waals surface area contributed by atoms with E-state index in [0.29, 0.717) is 12.0 Å². The Hall–Kier alpha value is -0.610. The van der Waals surface area contributed by atoms with Gasteiger partial charge in [0.25, 0.3) is 0 Å². The first-order valence-corrected chi connectivity index (χ1v) is 7.20. The first-order chi connectivity index (χ1) is 8.46. The van der Waals surface area contributed by atoms with Crippen LogP contribution >= 0.6 is 0 Å². The van der Waals surface area contributed by atoms with Crippen LogP contribution in [-0.2, 0) is 4.79 Å². The molecule has 2 fully saturated rings. The number of hydrogen-bond acceptors (Lipinski definition) is 3. The van der Waals surface area contributed by atoms with Crippen LogP contribution in [0.2, 0.25) is 0 Å². The number of hydrogen-bond donors (Lipinski definition) is 2. The van der Waals surface area contributed by atoms with Crippen LogP contribution in [0.4, 0.5) is 0 Å². The lowest BCUT2D eigenvalue weighted by Crippen LogP contribution is -2.47. The predicted molar refractivity (Wildman–Crippen MR) is 72.8 cm³/mol. The van der Waals surface area contributed by atoms with Gasteiger partial charge in [-0.2, -0.15) is 0 Å². The van der Waals surface area contributed by atoms with Gasteiger partial charge in [0.1, 0.15) is 0 Å². The first kappa shape index (κ1) is 13.8. The smallest absolute Gasteiger partial charge is 0.224 e. The third kappa shape index (κ3) is 2.54. The van der Waals surface area contributed by atoms with E-state index in [-0.39, 0.29) is 11.3 Å². The highest BCUT2D eigenvalue weighted by atomic mass is 16.1. The second-order valence-electron chi connectivity index (χ2n) is 6.63. The third-order valence-electron chi connectivity index (χ3n) is 5.09. The number of carbonyl (C=O) groups excluding carboxylic acids is 1. The number of rotatable bonds is 3. The zero-order valence-corrected chi connectivity index (χ0v) is 11.7. The SMILES string of the molecule is CC1CCC(CN)C(N2CCC(C)(C(N)=O)C2)C1. The number of carbonyl (C=O) groups is 1. The molecule has 4 atom stereocenters. The molecule has 0 bridgehead atoms. The molecule has 1 amide bonds. The van der Waals surface area contributed by atoms with Gasteiger partial charge in [-0.05, 0) is 51.1 Å². The number of likely N-dealkylation sites (tertiary alicyclic amines) is 1. The second-order valence-corrected chi connectivity index (χ2v) is 6.63. The van der Waals surface area contributed by atoms with E-state index >= 15 is 0 Å². The highest BCUT2D eigenvalue weighted by Gasteiger charge is 2.43. The summed E-state index contributed by atoms with van der Waals surface area (Å²) in [5.74, 6) is 1.22. The van der Waals surface area contributed by atoms with Gasteiger partial charge in [0.05, 0.1) is 5.41 Å². The van der Waals surface area contributed by atoms with Crippen molar-refractivity contribution in [3.8, 4) is 0 Å². The van der Waals surface area contributed by atoms with Crippen molar-refractivity contribution in [2.24, 2.45) is 28.7 Å². The van der Waals surface area contributed by atoms with Crippen LogP contribution < -0.4 is 11.5 Å². The monoisotopic (exact) mass is 253 g/mol. The Morgan fingerprint density at radius 3 is 2.72 bits per heavy atom. The van der Waals surface area contributed by atoms with Gasteiger partial charge in [-0.15, -0.1) is 0 Å². The molecule has 0 radical (unpaired) electrons. The van der Waals surface area contributed by atoms with Gasteiger partial charge < -0.3 is 11.5 Å². The van der Waals surface area contributed by atoms with Gasteiger partial charge in [0.2, 0.25) is 5.91 Å². The Bertz CT molecular complexity index is 320. The number of nitrogens with two attached hydrogens (primary N) is 2. The molecule has 0 aromatic rings. The fraction of sp³-hybridized carbons (Fsp3) is 0.929. The van der Waals surface area contributed by atoms with E-state index in [2.05, 4.69) is 11.8 Å². The number of primary amides is 1. The Kier molecular flexibility index (Phi) is 3.97. The molecule has 1 saturated carbocycles. The van der Waals surface area contributed by atoms with Crippen molar-refractivity contribution in [1.82, 2.24) is 4.90 Å². The van der Waals surface area contributed by atoms with E-state index in [4.69, 9.17) is 11.5 Å². The van der Waals surface area contributed by atoms with Crippen LogP contribution in [0.5, 0.6) is 0 Å². The van der Waals surface area contributed by atoms with E-state index in [1.807, 2.05) is 6.92 Å². The molecule has 1 heterocycles. The van der Waals surface area contributed by atoms with Crippen LogP contribution in [0.15, 0.2) is 0 Å². The van der Waals surface area contributed by atoms with E-state index in [0.717, 1.165) is 32.0 Å². The van der Waals surface area contributed by atoms with E-state index in [9.17, 15) is 4.79 Å². The van der Waals surface area contributed by atoms with Gasteiger partial charge in [0, 0.05) is 12.6 Å². The quantitative estimate of drug-likeness (QED) is 0.786. The van der Waals surface area contributed by atoms with Gasteiger partial charge in [0.15, 0.2) is 0 Å². The van der Waals surface area contributed by atoms with Crippen LogP contribution in [-0.4, -0.2) is 36.5 Å². The summed E-state index contributed by atoms with van der Waals surface area (Å²) >= 11 is 0. The molecule has 1 aliphatic carbocycles. The molecule has 0 aromatic carbocycles. The summed E-state index contributed by atoms with van der Waals surface area (Å²) in [5.41, 5.74) is 11.1. The highest BCUT2D eigenvalue weighted by molar-refractivity contribution is 5.81. The van der Waals surface area contributed by atoms with E-state index in [1.54, 1.807) is 0 Å². The van der Waals surface area contributed by atoms with Crippen molar-refractivity contribution < 1.29 is 4.79 Å². The molecular weight excluding hydrogens is 226 g/mol. The summed E-state index contributed by atoms with van der Waals surface area (Å²) in [6.45, 7) is 6.90. The molecule has 0 aromatic heterocycles. The summed E-state index contributed by atoms with van der Waals surface area (Å²) in [5, 5.41) is 0. The van der Waals surface area contributed by atoms with Gasteiger partial charge in [-0.25, -0.2) is 0 Å². The minimum atomic E-state index is -0.333. The average molecular weight is 253 g/mol. The van der Waals surface area contributed by atoms with Crippen LogP contribution in [0.25, 0.3) is 0 Å². The van der Waals surface area contributed by atoms with Crippen molar-refractivity contribution >= 4 is 5.91 Å². The highest BCUT2D eigenvalue weighted by Crippen LogP contribution is 2.37. The lowest BCUT2D eigenvalue weighted by atomic mass is 9.78. The zero-order chi connectivity index (χ0) is 13.3. The van der Waals surface area contributed by atoms with Crippen LogP contribution in [0, 0.1) is 17.3 Å². The Morgan fingerprint density at radius 2 is 2.17 bits per heavy atom. The fourth-order valence-corrected chi connectivity index (χ4v) is 3.62. The topological polar surface area (TPSA) is 72.3 Å². The minimum Gasteiger partial charge on any atom is -0.369 e. The predicted octanol–water partition coefficient (Wildman–Crippen LogP) is 0.947. The molecular formula is C14H27N3O. The first-order valence-electron chi connectivity index (χ1n) is 7.20. The molecule has 2 aliphatic rings. The number of nitrogens with zero attached hydrogens (tertiary/aromatic N) is 1. The summed E-state index contributed by atoms with van der Waals surface area (Å²) in [4.78, 5) is 14.0. The van der Waals surface area contributed by atoms with Crippen molar-refractivity contribution in [3.05, 3.63) is 0 Å². The van der Waals surface area contributed by atoms with Gasteiger partial charge in [-0.3, -0.25) is 9.69 Å². The van der Waals surface area contributed by atoms with E-state index in [1.165, 1.54) is 19.3 Å². The third-order valence-corrected chi connectivity index (χ3v) is 5.09. The van der Waals surface area contributed by atoms with Crippen LogP contribution in [0.1, 0.15) is 39.5 Å². The molecule has 104 valence electrons. The molecule has 4 nitrogen and oxygen atoms in total.